The molecule has 0 radical (unpaired) electrons. The summed E-state index contributed by atoms with van der Waals surface area (Å²) in [4.78, 5) is 23.2. The number of aliphatic imine (C=N–C) groups is 1. The van der Waals surface area contributed by atoms with Crippen LogP contribution in [0.3, 0.4) is 0 Å². The summed E-state index contributed by atoms with van der Waals surface area (Å²) < 4.78 is 10.7. The third kappa shape index (κ3) is 6.69. The third-order valence-electron chi connectivity index (χ3n) is 4.02. The van der Waals surface area contributed by atoms with Gasteiger partial charge in [0, 0.05) is 25.0 Å². The molecule has 1 amide bonds. The molecule has 1 fully saturated rings. The first-order valence-electron chi connectivity index (χ1n) is 9.84. The van der Waals surface area contributed by atoms with Gasteiger partial charge in [-0.25, -0.2) is 9.79 Å². The summed E-state index contributed by atoms with van der Waals surface area (Å²) in [6.45, 7) is 16.2. The van der Waals surface area contributed by atoms with Gasteiger partial charge in [-0.3, -0.25) is 0 Å². The van der Waals surface area contributed by atoms with Crippen LogP contribution in [0.2, 0.25) is 0 Å². The number of nitrogens with zero attached hydrogens (tertiary/aromatic N) is 4. The first kappa shape index (κ1) is 22.0. The molecule has 9 nitrogen and oxygen atoms in total. The molecule has 1 aliphatic heterocycles. The number of carbonyl (C=O) groups excluding carboxylic acids is 1. The van der Waals surface area contributed by atoms with E-state index < -0.39 is 5.60 Å². The monoisotopic (exact) mass is 394 g/mol. The maximum Gasteiger partial charge on any atom is 0.407 e. The van der Waals surface area contributed by atoms with E-state index in [4.69, 9.17) is 9.26 Å². The van der Waals surface area contributed by atoms with Crippen LogP contribution in [0.25, 0.3) is 0 Å². The number of carbonyl (C=O) groups is 1. The number of amides is 1. The predicted molar refractivity (Wildman–Crippen MR) is 107 cm³/mol. The zero-order valence-corrected chi connectivity index (χ0v) is 18.1. The van der Waals surface area contributed by atoms with Crippen molar-refractivity contribution in [2.75, 3.05) is 19.6 Å². The third-order valence-corrected chi connectivity index (χ3v) is 4.02. The average molecular weight is 395 g/mol. The number of hydrogen-bond donors (Lipinski definition) is 2. The SMILES string of the molecule is CCNC(=NCc1noc(C(C)(C)C)n1)N1CCC(NC(=O)OC(C)(C)C)C1. The Morgan fingerprint density at radius 2 is 2.04 bits per heavy atom. The summed E-state index contributed by atoms with van der Waals surface area (Å²) in [5.41, 5.74) is -0.690. The Balaban J connectivity index is 1.95. The highest BCUT2D eigenvalue weighted by Crippen LogP contribution is 2.20. The van der Waals surface area contributed by atoms with Crippen molar-refractivity contribution in [1.82, 2.24) is 25.7 Å². The molecule has 9 heteroatoms. The van der Waals surface area contributed by atoms with E-state index in [1.165, 1.54) is 0 Å². The van der Waals surface area contributed by atoms with Gasteiger partial charge >= 0.3 is 6.09 Å². The van der Waals surface area contributed by atoms with Gasteiger partial charge in [-0.2, -0.15) is 4.98 Å². The van der Waals surface area contributed by atoms with E-state index in [9.17, 15) is 4.79 Å². The molecule has 2 heterocycles. The van der Waals surface area contributed by atoms with E-state index in [-0.39, 0.29) is 17.6 Å². The number of ether oxygens (including phenoxy) is 1. The van der Waals surface area contributed by atoms with Gasteiger partial charge in [0.2, 0.25) is 5.89 Å². The number of nitrogens with one attached hydrogen (secondary N) is 2. The van der Waals surface area contributed by atoms with Crippen LogP contribution < -0.4 is 10.6 Å². The summed E-state index contributed by atoms with van der Waals surface area (Å²) in [6, 6.07) is 0.0244. The van der Waals surface area contributed by atoms with E-state index >= 15 is 0 Å². The Kier molecular flexibility index (Phi) is 6.90. The highest BCUT2D eigenvalue weighted by atomic mass is 16.6. The Labute approximate surface area is 167 Å². The molecule has 0 aromatic carbocycles. The molecule has 0 aliphatic carbocycles. The second-order valence-corrected chi connectivity index (χ2v) is 9.01. The van der Waals surface area contributed by atoms with Crippen molar-refractivity contribution in [2.45, 2.75) is 78.5 Å². The largest absolute Gasteiger partial charge is 0.444 e. The van der Waals surface area contributed by atoms with Crippen LogP contribution in [0.15, 0.2) is 9.52 Å². The smallest absolute Gasteiger partial charge is 0.407 e. The van der Waals surface area contributed by atoms with E-state index in [0.29, 0.717) is 24.8 Å². The van der Waals surface area contributed by atoms with Crippen molar-refractivity contribution in [2.24, 2.45) is 4.99 Å². The van der Waals surface area contributed by atoms with Crippen molar-refractivity contribution < 1.29 is 14.1 Å². The molecular weight excluding hydrogens is 360 g/mol. The predicted octanol–water partition coefficient (Wildman–Crippen LogP) is 2.43. The normalized spacial score (nSPS) is 18.3. The standard InChI is InChI=1S/C19H34N6O3/c1-8-20-16(21-11-14-23-15(28-24-14)18(2,3)4)25-10-9-13(12-25)22-17(26)27-19(5,6)7/h13H,8-12H2,1-7H3,(H,20,21)(H,22,26). The fraction of sp³-hybridized carbons (Fsp3) is 0.789. The Morgan fingerprint density at radius 1 is 1.32 bits per heavy atom. The number of likely N-dealkylation sites (tertiary alicyclic amines) is 1. The summed E-state index contributed by atoms with van der Waals surface area (Å²) >= 11 is 0. The topological polar surface area (TPSA) is 105 Å². The molecule has 0 spiro atoms. The Hall–Kier alpha value is -2.32. The van der Waals surface area contributed by atoms with Crippen molar-refractivity contribution in [1.29, 1.82) is 0 Å². The van der Waals surface area contributed by atoms with Crippen LogP contribution in [0.4, 0.5) is 4.79 Å². The van der Waals surface area contributed by atoms with E-state index in [2.05, 4.69) is 30.7 Å². The molecule has 28 heavy (non-hydrogen) atoms. The fourth-order valence-electron chi connectivity index (χ4n) is 2.74. The molecule has 1 unspecified atom stereocenters. The lowest BCUT2D eigenvalue weighted by Crippen LogP contribution is -2.44. The van der Waals surface area contributed by atoms with Gasteiger partial charge in [0.15, 0.2) is 11.8 Å². The van der Waals surface area contributed by atoms with E-state index in [0.717, 1.165) is 25.5 Å². The first-order valence-corrected chi connectivity index (χ1v) is 9.84. The summed E-state index contributed by atoms with van der Waals surface area (Å²) in [5.74, 6) is 1.94. The summed E-state index contributed by atoms with van der Waals surface area (Å²) in [6.07, 6.45) is 0.447. The molecular formula is C19H34N6O3. The molecule has 1 atom stereocenters. The lowest BCUT2D eigenvalue weighted by molar-refractivity contribution is 0.0507. The lowest BCUT2D eigenvalue weighted by Gasteiger charge is -2.23. The van der Waals surface area contributed by atoms with Crippen LogP contribution in [-0.4, -0.2) is 58.4 Å². The zero-order chi connectivity index (χ0) is 20.9. The molecule has 0 bridgehead atoms. The van der Waals surface area contributed by atoms with Crippen LogP contribution in [0.5, 0.6) is 0 Å². The van der Waals surface area contributed by atoms with Gasteiger partial charge in [-0.15, -0.1) is 0 Å². The lowest BCUT2D eigenvalue weighted by atomic mass is 9.97. The summed E-state index contributed by atoms with van der Waals surface area (Å²) in [7, 11) is 0. The van der Waals surface area contributed by atoms with Gasteiger partial charge < -0.3 is 24.8 Å². The van der Waals surface area contributed by atoms with Crippen LogP contribution in [-0.2, 0) is 16.7 Å². The Bertz CT molecular complexity index is 687. The van der Waals surface area contributed by atoms with E-state index in [1.54, 1.807) is 0 Å². The minimum atomic E-state index is -0.505. The molecule has 1 saturated heterocycles. The number of alkyl carbamates (subject to hydrolysis) is 1. The Morgan fingerprint density at radius 3 is 2.61 bits per heavy atom. The molecule has 158 valence electrons. The second kappa shape index (κ2) is 8.79. The highest BCUT2D eigenvalue weighted by molar-refractivity contribution is 5.80. The van der Waals surface area contributed by atoms with Crippen molar-refractivity contribution >= 4 is 12.1 Å². The molecule has 0 saturated carbocycles. The quantitative estimate of drug-likeness (QED) is 0.597. The second-order valence-electron chi connectivity index (χ2n) is 9.01. The van der Waals surface area contributed by atoms with Crippen LogP contribution in [0.1, 0.15) is 66.6 Å². The van der Waals surface area contributed by atoms with Gasteiger partial charge in [0.25, 0.3) is 0 Å². The number of rotatable bonds is 4. The van der Waals surface area contributed by atoms with Gasteiger partial charge in [0.05, 0.1) is 6.04 Å². The van der Waals surface area contributed by atoms with Gasteiger partial charge in [-0.05, 0) is 34.1 Å². The molecule has 2 rings (SSSR count). The van der Waals surface area contributed by atoms with Crippen LogP contribution in [0, 0.1) is 0 Å². The molecule has 2 N–H and O–H groups in total. The van der Waals surface area contributed by atoms with E-state index in [1.807, 2.05) is 48.5 Å². The maximum atomic E-state index is 12.0. The molecule has 1 aromatic rings. The summed E-state index contributed by atoms with van der Waals surface area (Å²) in [5, 5.41) is 10.2. The number of aromatic nitrogens is 2. The first-order chi connectivity index (χ1) is 13.0. The van der Waals surface area contributed by atoms with Gasteiger partial charge in [-0.1, -0.05) is 25.9 Å². The molecule has 1 aromatic heterocycles. The van der Waals surface area contributed by atoms with Crippen molar-refractivity contribution in [3.05, 3.63) is 11.7 Å². The zero-order valence-electron chi connectivity index (χ0n) is 18.1. The van der Waals surface area contributed by atoms with Gasteiger partial charge in [0.1, 0.15) is 12.1 Å². The molecule has 1 aliphatic rings. The van der Waals surface area contributed by atoms with Crippen molar-refractivity contribution in [3.8, 4) is 0 Å². The highest BCUT2D eigenvalue weighted by Gasteiger charge is 2.28. The minimum absolute atomic E-state index is 0.0244. The fourth-order valence-corrected chi connectivity index (χ4v) is 2.74. The average Bonchev–Trinajstić information content (AvgIpc) is 3.18. The number of guanidine groups is 1. The minimum Gasteiger partial charge on any atom is -0.444 e. The van der Waals surface area contributed by atoms with Crippen molar-refractivity contribution in [3.63, 3.8) is 0 Å². The maximum absolute atomic E-state index is 12.0. The number of hydrogen-bond acceptors (Lipinski definition) is 6. The van der Waals surface area contributed by atoms with Crippen LogP contribution >= 0.6 is 0 Å².